The third-order valence-electron chi connectivity index (χ3n) is 1.74. The van der Waals surface area contributed by atoms with Gasteiger partial charge in [0, 0.05) is 24.0 Å². The van der Waals surface area contributed by atoms with Crippen LogP contribution >= 0.6 is 11.6 Å². The Morgan fingerprint density at radius 1 is 1.56 bits per heavy atom. The zero-order valence-corrected chi connectivity index (χ0v) is 9.38. The number of nitrogens with zero attached hydrogens (tertiary/aromatic N) is 1. The third kappa shape index (κ3) is 3.30. The van der Waals surface area contributed by atoms with Gasteiger partial charge < -0.3 is 10.6 Å². The van der Waals surface area contributed by atoms with Gasteiger partial charge in [0.25, 0.3) is 5.91 Å². The molecule has 1 rings (SSSR count). The van der Waals surface area contributed by atoms with Crippen LogP contribution in [-0.4, -0.2) is 13.0 Å². The second kappa shape index (κ2) is 5.79. The molecule has 2 N–H and O–H groups in total. The lowest BCUT2D eigenvalue weighted by Crippen LogP contribution is -2.15. The fourth-order valence-corrected chi connectivity index (χ4v) is 1.25. The summed E-state index contributed by atoms with van der Waals surface area (Å²) in [5.74, 6) is -0.473. The summed E-state index contributed by atoms with van der Waals surface area (Å²) in [6.45, 7) is 0. The molecule has 1 aromatic rings. The van der Waals surface area contributed by atoms with E-state index in [0.29, 0.717) is 10.7 Å². The van der Waals surface area contributed by atoms with Gasteiger partial charge in [-0.25, -0.2) is 0 Å². The lowest BCUT2D eigenvalue weighted by Gasteiger charge is -2.04. The average molecular weight is 236 g/mol. The smallest absolute Gasteiger partial charge is 0.267 e. The molecule has 0 aliphatic carbocycles. The SMILES string of the molecule is CN/C=C(/C#N)C(=O)Nc1cccc(Cl)c1. The highest BCUT2D eigenvalue weighted by Crippen LogP contribution is 2.15. The van der Waals surface area contributed by atoms with E-state index >= 15 is 0 Å². The summed E-state index contributed by atoms with van der Waals surface area (Å²) >= 11 is 5.76. The molecule has 0 bridgehead atoms. The highest BCUT2D eigenvalue weighted by atomic mass is 35.5. The van der Waals surface area contributed by atoms with Gasteiger partial charge >= 0.3 is 0 Å². The third-order valence-corrected chi connectivity index (χ3v) is 1.97. The molecule has 0 heterocycles. The fraction of sp³-hybridized carbons (Fsp3) is 0.0909. The Morgan fingerprint density at radius 2 is 2.31 bits per heavy atom. The van der Waals surface area contributed by atoms with E-state index in [9.17, 15) is 4.79 Å². The zero-order valence-electron chi connectivity index (χ0n) is 8.62. The Bertz CT molecular complexity index is 463. The van der Waals surface area contributed by atoms with E-state index in [-0.39, 0.29) is 5.57 Å². The number of hydrogen-bond donors (Lipinski definition) is 2. The first-order chi connectivity index (χ1) is 7.67. The van der Waals surface area contributed by atoms with Crippen molar-refractivity contribution in [3.8, 4) is 6.07 Å². The molecule has 0 atom stereocenters. The molecule has 5 heteroatoms. The number of nitrogens with one attached hydrogen (secondary N) is 2. The van der Waals surface area contributed by atoms with Crippen molar-refractivity contribution in [1.29, 1.82) is 5.26 Å². The molecule has 0 unspecified atom stereocenters. The lowest BCUT2D eigenvalue weighted by atomic mass is 10.2. The highest BCUT2D eigenvalue weighted by molar-refractivity contribution is 6.31. The van der Waals surface area contributed by atoms with Crippen LogP contribution < -0.4 is 10.6 Å². The molecule has 0 radical (unpaired) electrons. The fourth-order valence-electron chi connectivity index (χ4n) is 1.06. The molecule has 1 amide bonds. The van der Waals surface area contributed by atoms with Crippen molar-refractivity contribution in [2.75, 3.05) is 12.4 Å². The lowest BCUT2D eigenvalue weighted by molar-refractivity contribution is -0.112. The van der Waals surface area contributed by atoms with Crippen LogP contribution in [0.3, 0.4) is 0 Å². The molecule has 4 nitrogen and oxygen atoms in total. The van der Waals surface area contributed by atoms with Crippen molar-refractivity contribution in [2.24, 2.45) is 0 Å². The number of amides is 1. The van der Waals surface area contributed by atoms with Crippen LogP contribution in [0.4, 0.5) is 5.69 Å². The van der Waals surface area contributed by atoms with E-state index in [0.717, 1.165) is 0 Å². The molecular weight excluding hydrogens is 226 g/mol. The van der Waals surface area contributed by atoms with E-state index in [1.807, 2.05) is 0 Å². The molecule has 0 saturated heterocycles. The summed E-state index contributed by atoms with van der Waals surface area (Å²) in [6, 6.07) is 8.50. The highest BCUT2D eigenvalue weighted by Gasteiger charge is 2.08. The predicted molar refractivity (Wildman–Crippen MR) is 62.8 cm³/mol. The topological polar surface area (TPSA) is 64.9 Å². The van der Waals surface area contributed by atoms with Crippen LogP contribution in [0.5, 0.6) is 0 Å². The van der Waals surface area contributed by atoms with E-state index in [1.165, 1.54) is 6.20 Å². The van der Waals surface area contributed by atoms with Gasteiger partial charge in [-0.1, -0.05) is 17.7 Å². The van der Waals surface area contributed by atoms with Crippen molar-refractivity contribution in [3.05, 3.63) is 41.1 Å². The first kappa shape index (κ1) is 12.1. The Hall–Kier alpha value is -1.99. The number of nitriles is 1. The van der Waals surface area contributed by atoms with Gasteiger partial charge in [0.1, 0.15) is 11.6 Å². The van der Waals surface area contributed by atoms with Crippen LogP contribution in [0, 0.1) is 11.3 Å². The standard InChI is InChI=1S/C11H10ClN3O/c1-14-7-8(6-13)11(16)15-10-4-2-3-9(12)5-10/h2-5,7,14H,1H3,(H,15,16)/b8-7-. The number of benzene rings is 1. The minimum Gasteiger partial charge on any atom is -0.393 e. The van der Waals surface area contributed by atoms with Crippen LogP contribution in [0.15, 0.2) is 36.0 Å². The van der Waals surface area contributed by atoms with Crippen LogP contribution in [0.1, 0.15) is 0 Å². The van der Waals surface area contributed by atoms with Crippen molar-refractivity contribution in [2.45, 2.75) is 0 Å². The monoisotopic (exact) mass is 235 g/mol. The van der Waals surface area contributed by atoms with Crippen molar-refractivity contribution < 1.29 is 4.79 Å². The van der Waals surface area contributed by atoms with E-state index in [4.69, 9.17) is 16.9 Å². The molecule has 1 aromatic carbocycles. The first-order valence-electron chi connectivity index (χ1n) is 4.52. The van der Waals surface area contributed by atoms with E-state index in [2.05, 4.69) is 10.6 Å². The average Bonchev–Trinajstić information content (AvgIpc) is 2.25. The summed E-state index contributed by atoms with van der Waals surface area (Å²) in [5, 5.41) is 14.4. The number of halogens is 1. The predicted octanol–water partition coefficient (Wildman–Crippen LogP) is 1.91. The quantitative estimate of drug-likeness (QED) is 0.621. The van der Waals surface area contributed by atoms with Gasteiger partial charge in [-0.3, -0.25) is 4.79 Å². The second-order valence-corrected chi connectivity index (χ2v) is 3.36. The Balaban J connectivity index is 2.79. The summed E-state index contributed by atoms with van der Waals surface area (Å²) in [7, 11) is 1.62. The molecule has 0 saturated carbocycles. The molecule has 0 fully saturated rings. The van der Waals surface area contributed by atoms with E-state index < -0.39 is 5.91 Å². The maximum Gasteiger partial charge on any atom is 0.267 e. The number of hydrogen-bond acceptors (Lipinski definition) is 3. The number of carbonyl (C=O) groups excluding carboxylic acids is 1. The van der Waals surface area contributed by atoms with Crippen LogP contribution in [0.25, 0.3) is 0 Å². The van der Waals surface area contributed by atoms with Gasteiger partial charge in [-0.15, -0.1) is 0 Å². The Morgan fingerprint density at radius 3 is 2.88 bits per heavy atom. The molecule has 0 spiro atoms. The number of anilines is 1. The summed E-state index contributed by atoms with van der Waals surface area (Å²) in [4.78, 5) is 11.6. The number of carbonyl (C=O) groups is 1. The van der Waals surface area contributed by atoms with Crippen molar-refractivity contribution in [1.82, 2.24) is 5.32 Å². The summed E-state index contributed by atoms with van der Waals surface area (Å²) in [5.41, 5.74) is 0.553. The molecule has 82 valence electrons. The largest absolute Gasteiger partial charge is 0.393 e. The van der Waals surface area contributed by atoms with Crippen LogP contribution in [-0.2, 0) is 4.79 Å². The van der Waals surface area contributed by atoms with Crippen molar-refractivity contribution in [3.63, 3.8) is 0 Å². The molecule has 16 heavy (non-hydrogen) atoms. The van der Waals surface area contributed by atoms with E-state index in [1.54, 1.807) is 37.4 Å². The minimum absolute atomic E-state index is 0.00229. The number of rotatable bonds is 3. The first-order valence-corrected chi connectivity index (χ1v) is 4.89. The zero-order chi connectivity index (χ0) is 12.0. The maximum absolute atomic E-state index is 11.6. The van der Waals surface area contributed by atoms with Gasteiger partial charge in [0.05, 0.1) is 0 Å². The van der Waals surface area contributed by atoms with Gasteiger partial charge in [-0.05, 0) is 18.2 Å². The molecular formula is C11H10ClN3O. The van der Waals surface area contributed by atoms with Gasteiger partial charge in [-0.2, -0.15) is 5.26 Å². The molecule has 0 aliphatic heterocycles. The molecule has 0 aliphatic rings. The van der Waals surface area contributed by atoms with Crippen LogP contribution in [0.2, 0.25) is 5.02 Å². The Labute approximate surface area is 98.5 Å². The van der Waals surface area contributed by atoms with Crippen molar-refractivity contribution >= 4 is 23.2 Å². The van der Waals surface area contributed by atoms with Gasteiger partial charge in [0.15, 0.2) is 0 Å². The second-order valence-electron chi connectivity index (χ2n) is 2.92. The summed E-state index contributed by atoms with van der Waals surface area (Å²) < 4.78 is 0. The maximum atomic E-state index is 11.6. The summed E-state index contributed by atoms with van der Waals surface area (Å²) in [6.07, 6.45) is 1.33. The normalized spacial score (nSPS) is 10.4. The minimum atomic E-state index is -0.473. The Kier molecular flexibility index (Phi) is 4.37. The van der Waals surface area contributed by atoms with Gasteiger partial charge in [0.2, 0.25) is 0 Å². The molecule has 0 aromatic heterocycles.